The van der Waals surface area contributed by atoms with Crippen molar-refractivity contribution in [3.63, 3.8) is 0 Å². The molecule has 1 aliphatic heterocycles. The molecule has 1 fully saturated rings. The Hall–Kier alpha value is -2.94. The molecule has 1 N–H and O–H groups in total. The lowest BCUT2D eigenvalue weighted by Crippen LogP contribution is -2.35. The number of ether oxygens (including phenoxy) is 2. The lowest BCUT2D eigenvalue weighted by atomic mass is 10.2. The Bertz CT molecular complexity index is 880. The number of amides is 2. The van der Waals surface area contributed by atoms with E-state index in [0.29, 0.717) is 30.3 Å². The van der Waals surface area contributed by atoms with Crippen LogP contribution in [0.25, 0.3) is 0 Å². The number of carbonyl (C=O) groups excluding carboxylic acids is 3. The second-order valence-electron chi connectivity index (χ2n) is 6.65. The molecule has 154 valence electrons. The summed E-state index contributed by atoms with van der Waals surface area (Å²) in [6.45, 7) is 2.50. The highest BCUT2D eigenvalue weighted by atomic mass is 32.1. The Morgan fingerprint density at radius 1 is 1.31 bits per heavy atom. The van der Waals surface area contributed by atoms with E-state index in [2.05, 4.69) is 10.3 Å². The summed E-state index contributed by atoms with van der Waals surface area (Å²) in [6, 6.07) is 7.31. The van der Waals surface area contributed by atoms with Crippen LogP contribution < -0.4 is 15.0 Å². The molecule has 2 amide bonds. The van der Waals surface area contributed by atoms with Gasteiger partial charge in [-0.15, -0.1) is 11.3 Å². The largest absolute Gasteiger partial charge is 0.497 e. The number of nitrogens with one attached hydrogen (secondary N) is 1. The molecular weight excluding hydrogens is 394 g/mol. The number of anilines is 1. The van der Waals surface area contributed by atoms with Crippen molar-refractivity contribution in [2.24, 2.45) is 0 Å². The van der Waals surface area contributed by atoms with Gasteiger partial charge in [-0.3, -0.25) is 19.3 Å². The molecule has 0 radical (unpaired) electrons. The number of benzene rings is 1. The minimum Gasteiger partial charge on any atom is -0.497 e. The predicted molar refractivity (Wildman–Crippen MR) is 108 cm³/mol. The predicted octanol–water partition coefficient (Wildman–Crippen LogP) is 2.07. The van der Waals surface area contributed by atoms with Crippen molar-refractivity contribution in [3.8, 4) is 5.75 Å². The fourth-order valence-electron chi connectivity index (χ4n) is 2.87. The van der Waals surface area contributed by atoms with Crippen LogP contribution in [0.2, 0.25) is 0 Å². The minimum atomic E-state index is -0.918. The monoisotopic (exact) mass is 417 g/mol. The lowest BCUT2D eigenvalue weighted by molar-refractivity contribution is -0.154. The molecule has 1 saturated heterocycles. The van der Waals surface area contributed by atoms with E-state index in [0.717, 1.165) is 17.7 Å². The van der Waals surface area contributed by atoms with E-state index in [4.69, 9.17) is 9.47 Å². The van der Waals surface area contributed by atoms with Gasteiger partial charge < -0.3 is 14.8 Å². The SMILES string of the molecule is COc1ccc(CNC(=O)[C@H](C)OC(=O)Cc2csc(N3CCCC3=O)n2)cc1. The molecule has 8 nitrogen and oxygen atoms in total. The normalized spacial score (nSPS) is 14.6. The molecule has 2 aromatic rings. The topological polar surface area (TPSA) is 97.8 Å². The van der Waals surface area contributed by atoms with Gasteiger partial charge >= 0.3 is 5.97 Å². The summed E-state index contributed by atoms with van der Waals surface area (Å²) >= 11 is 1.32. The molecule has 3 rings (SSSR count). The van der Waals surface area contributed by atoms with Crippen molar-refractivity contribution < 1.29 is 23.9 Å². The van der Waals surface area contributed by atoms with E-state index in [1.807, 2.05) is 24.3 Å². The van der Waals surface area contributed by atoms with Crippen LogP contribution in [0, 0.1) is 0 Å². The van der Waals surface area contributed by atoms with E-state index in [1.165, 1.54) is 18.3 Å². The fraction of sp³-hybridized carbons (Fsp3) is 0.400. The number of carbonyl (C=O) groups is 3. The van der Waals surface area contributed by atoms with Crippen LogP contribution in [-0.4, -0.2) is 42.5 Å². The number of hydrogen-bond acceptors (Lipinski definition) is 7. The van der Waals surface area contributed by atoms with Gasteiger partial charge in [-0.2, -0.15) is 0 Å². The van der Waals surface area contributed by atoms with Crippen LogP contribution in [0.1, 0.15) is 31.0 Å². The number of thiazole rings is 1. The molecule has 1 atom stereocenters. The molecule has 1 aliphatic rings. The summed E-state index contributed by atoms with van der Waals surface area (Å²) in [5.41, 5.74) is 1.43. The van der Waals surface area contributed by atoms with Crippen LogP contribution in [0.15, 0.2) is 29.6 Å². The van der Waals surface area contributed by atoms with Crippen LogP contribution in [0.3, 0.4) is 0 Å². The molecule has 1 aromatic heterocycles. The van der Waals surface area contributed by atoms with Crippen LogP contribution >= 0.6 is 11.3 Å². The van der Waals surface area contributed by atoms with E-state index >= 15 is 0 Å². The first-order valence-corrected chi connectivity index (χ1v) is 10.2. The van der Waals surface area contributed by atoms with E-state index < -0.39 is 12.1 Å². The fourth-order valence-corrected chi connectivity index (χ4v) is 3.74. The molecular formula is C20H23N3O5S. The quantitative estimate of drug-likeness (QED) is 0.661. The molecule has 2 heterocycles. The first-order chi connectivity index (χ1) is 14.0. The van der Waals surface area contributed by atoms with Crippen molar-refractivity contribution in [1.29, 1.82) is 0 Å². The number of rotatable bonds is 8. The Balaban J connectivity index is 1.45. The second kappa shape index (κ2) is 9.51. The van der Waals surface area contributed by atoms with Gasteiger partial charge in [0, 0.05) is 24.9 Å². The first-order valence-electron chi connectivity index (χ1n) is 9.31. The Labute approximate surface area is 172 Å². The van der Waals surface area contributed by atoms with Gasteiger partial charge in [-0.1, -0.05) is 12.1 Å². The number of esters is 1. The Kier molecular flexibility index (Phi) is 6.82. The molecule has 0 spiro atoms. The van der Waals surface area contributed by atoms with Crippen LogP contribution in [0.4, 0.5) is 5.13 Å². The summed E-state index contributed by atoms with van der Waals surface area (Å²) < 4.78 is 10.3. The van der Waals surface area contributed by atoms with Crippen LogP contribution in [0.5, 0.6) is 5.75 Å². The maximum Gasteiger partial charge on any atom is 0.312 e. The van der Waals surface area contributed by atoms with Gasteiger partial charge in [-0.25, -0.2) is 4.98 Å². The minimum absolute atomic E-state index is 0.0470. The third kappa shape index (κ3) is 5.54. The average molecular weight is 417 g/mol. The van der Waals surface area contributed by atoms with Crippen molar-refractivity contribution in [3.05, 3.63) is 40.9 Å². The summed E-state index contributed by atoms with van der Waals surface area (Å²) in [5.74, 6) is -0.130. The molecule has 1 aromatic carbocycles. The van der Waals surface area contributed by atoms with Gasteiger partial charge in [0.2, 0.25) is 5.91 Å². The first kappa shape index (κ1) is 20.8. The summed E-state index contributed by atoms with van der Waals surface area (Å²) in [6.07, 6.45) is 0.382. The zero-order chi connectivity index (χ0) is 20.8. The van der Waals surface area contributed by atoms with E-state index in [1.54, 1.807) is 17.4 Å². The molecule has 9 heteroatoms. The zero-order valence-electron chi connectivity index (χ0n) is 16.3. The van der Waals surface area contributed by atoms with Crippen molar-refractivity contribution in [1.82, 2.24) is 10.3 Å². The highest BCUT2D eigenvalue weighted by molar-refractivity contribution is 7.14. The van der Waals surface area contributed by atoms with Crippen molar-refractivity contribution in [2.45, 2.75) is 38.8 Å². The number of aromatic nitrogens is 1. The average Bonchev–Trinajstić information content (AvgIpc) is 3.34. The van der Waals surface area contributed by atoms with Crippen molar-refractivity contribution >= 4 is 34.3 Å². The molecule has 0 aliphatic carbocycles. The number of methoxy groups -OCH3 is 1. The zero-order valence-corrected chi connectivity index (χ0v) is 17.2. The third-order valence-corrected chi connectivity index (χ3v) is 5.39. The molecule has 0 saturated carbocycles. The molecule has 0 unspecified atom stereocenters. The smallest absolute Gasteiger partial charge is 0.312 e. The Morgan fingerprint density at radius 2 is 2.07 bits per heavy atom. The van der Waals surface area contributed by atoms with E-state index in [-0.39, 0.29) is 18.2 Å². The van der Waals surface area contributed by atoms with Gasteiger partial charge in [-0.05, 0) is 31.0 Å². The van der Waals surface area contributed by atoms with Gasteiger partial charge in [0.15, 0.2) is 11.2 Å². The highest BCUT2D eigenvalue weighted by Gasteiger charge is 2.25. The maximum atomic E-state index is 12.2. The van der Waals surface area contributed by atoms with Gasteiger partial charge in [0.05, 0.1) is 19.2 Å². The van der Waals surface area contributed by atoms with Crippen molar-refractivity contribution in [2.75, 3.05) is 18.6 Å². The molecule has 0 bridgehead atoms. The number of hydrogen-bond donors (Lipinski definition) is 1. The van der Waals surface area contributed by atoms with E-state index in [9.17, 15) is 14.4 Å². The van der Waals surface area contributed by atoms with Gasteiger partial charge in [0.25, 0.3) is 5.91 Å². The van der Waals surface area contributed by atoms with Crippen LogP contribution in [-0.2, 0) is 32.1 Å². The molecule has 29 heavy (non-hydrogen) atoms. The summed E-state index contributed by atoms with van der Waals surface area (Å²) in [7, 11) is 1.59. The second-order valence-corrected chi connectivity index (χ2v) is 7.48. The summed E-state index contributed by atoms with van der Waals surface area (Å²) in [4.78, 5) is 42.0. The summed E-state index contributed by atoms with van der Waals surface area (Å²) in [5, 5.41) is 5.07. The number of nitrogens with zero attached hydrogens (tertiary/aromatic N) is 2. The standard InChI is InChI=1S/C20H23N3O5S/c1-13(19(26)21-11-14-5-7-16(27-2)8-6-14)28-18(25)10-15-12-29-20(22-15)23-9-3-4-17(23)24/h5-8,12-13H,3-4,9-11H2,1-2H3,(H,21,26)/t13-/m0/s1. The highest BCUT2D eigenvalue weighted by Crippen LogP contribution is 2.25. The Morgan fingerprint density at radius 3 is 2.72 bits per heavy atom. The van der Waals surface area contributed by atoms with Gasteiger partial charge in [0.1, 0.15) is 5.75 Å². The lowest BCUT2D eigenvalue weighted by Gasteiger charge is -2.13. The maximum absolute atomic E-state index is 12.2. The third-order valence-electron chi connectivity index (χ3n) is 4.47.